The molecule has 0 bridgehead atoms. The van der Waals surface area contributed by atoms with Crippen molar-refractivity contribution in [2.24, 2.45) is 0 Å². The molecule has 0 spiro atoms. The fourth-order valence-corrected chi connectivity index (χ4v) is 2.62. The van der Waals surface area contributed by atoms with Gasteiger partial charge in [-0.15, -0.1) is 0 Å². The summed E-state index contributed by atoms with van der Waals surface area (Å²) in [5.74, 6) is 0.962. The molecule has 0 fully saturated rings. The van der Waals surface area contributed by atoms with Gasteiger partial charge in [0.25, 0.3) is 0 Å². The first kappa shape index (κ1) is 14.6. The zero-order chi connectivity index (χ0) is 15.2. The molecule has 0 saturated heterocycles. The van der Waals surface area contributed by atoms with Crippen molar-refractivity contribution < 1.29 is 4.74 Å². The molecule has 3 rings (SSSR count). The van der Waals surface area contributed by atoms with Gasteiger partial charge in [-0.25, -0.2) is 0 Å². The van der Waals surface area contributed by atoms with Crippen LogP contribution in [0.3, 0.4) is 0 Å². The van der Waals surface area contributed by atoms with Crippen molar-refractivity contribution in [1.29, 1.82) is 0 Å². The van der Waals surface area contributed by atoms with E-state index in [-0.39, 0.29) is 0 Å². The van der Waals surface area contributed by atoms with Crippen LogP contribution in [0.25, 0.3) is 10.8 Å². The molecule has 0 aliphatic carbocycles. The Morgan fingerprint density at radius 2 is 1.64 bits per heavy atom. The molecule has 3 aromatic rings. The van der Waals surface area contributed by atoms with Crippen molar-refractivity contribution in [2.45, 2.75) is 20.1 Å². The molecule has 0 atom stereocenters. The van der Waals surface area contributed by atoms with Crippen molar-refractivity contribution in [3.63, 3.8) is 0 Å². The maximum atomic E-state index is 6.09. The van der Waals surface area contributed by atoms with Crippen LogP contribution in [0.1, 0.15) is 18.1 Å². The van der Waals surface area contributed by atoms with E-state index in [2.05, 4.69) is 60.8 Å². The topological polar surface area (TPSA) is 21.3 Å². The van der Waals surface area contributed by atoms with Gasteiger partial charge in [0.05, 0.1) is 0 Å². The molecule has 0 aromatic heterocycles. The SMILES string of the molecule is CCNCc1c(OCc2ccccc2)ccc2ccccc12. The van der Waals surface area contributed by atoms with Gasteiger partial charge in [-0.05, 0) is 28.9 Å². The predicted molar refractivity (Wildman–Crippen MR) is 92.1 cm³/mol. The van der Waals surface area contributed by atoms with Crippen LogP contribution in [0.15, 0.2) is 66.7 Å². The predicted octanol–water partition coefficient (Wildman–Crippen LogP) is 4.53. The Bertz CT molecular complexity index is 737. The third kappa shape index (κ3) is 3.29. The number of hydrogen-bond acceptors (Lipinski definition) is 2. The van der Waals surface area contributed by atoms with Crippen molar-refractivity contribution >= 4 is 10.8 Å². The first-order valence-corrected chi connectivity index (χ1v) is 7.76. The van der Waals surface area contributed by atoms with E-state index in [0.717, 1.165) is 18.8 Å². The molecule has 2 heteroatoms. The van der Waals surface area contributed by atoms with Gasteiger partial charge in [-0.3, -0.25) is 0 Å². The van der Waals surface area contributed by atoms with Crippen molar-refractivity contribution in [3.05, 3.63) is 77.9 Å². The van der Waals surface area contributed by atoms with E-state index in [1.54, 1.807) is 0 Å². The van der Waals surface area contributed by atoms with E-state index in [4.69, 9.17) is 4.74 Å². The molecule has 22 heavy (non-hydrogen) atoms. The Kier molecular flexibility index (Phi) is 4.71. The summed E-state index contributed by atoms with van der Waals surface area (Å²) < 4.78 is 6.09. The van der Waals surface area contributed by atoms with E-state index < -0.39 is 0 Å². The van der Waals surface area contributed by atoms with Crippen LogP contribution < -0.4 is 10.1 Å². The molecule has 112 valence electrons. The first-order chi connectivity index (χ1) is 10.9. The lowest BCUT2D eigenvalue weighted by Crippen LogP contribution is -2.13. The van der Waals surface area contributed by atoms with E-state index >= 15 is 0 Å². The van der Waals surface area contributed by atoms with Crippen molar-refractivity contribution in [3.8, 4) is 5.75 Å². The van der Waals surface area contributed by atoms with Gasteiger partial charge >= 0.3 is 0 Å². The van der Waals surface area contributed by atoms with Crippen LogP contribution in [0, 0.1) is 0 Å². The Morgan fingerprint density at radius 3 is 2.45 bits per heavy atom. The van der Waals surface area contributed by atoms with Crippen LogP contribution in [0.2, 0.25) is 0 Å². The third-order valence-electron chi connectivity index (χ3n) is 3.79. The first-order valence-electron chi connectivity index (χ1n) is 7.76. The summed E-state index contributed by atoms with van der Waals surface area (Å²) in [6, 6.07) is 23.0. The summed E-state index contributed by atoms with van der Waals surface area (Å²) in [6.45, 7) is 4.48. The van der Waals surface area contributed by atoms with Gasteiger partial charge in [0.15, 0.2) is 0 Å². The summed E-state index contributed by atoms with van der Waals surface area (Å²) in [6.07, 6.45) is 0. The number of fused-ring (bicyclic) bond motifs is 1. The Labute approximate surface area is 131 Å². The highest BCUT2D eigenvalue weighted by Crippen LogP contribution is 2.28. The monoisotopic (exact) mass is 291 g/mol. The maximum Gasteiger partial charge on any atom is 0.124 e. The zero-order valence-corrected chi connectivity index (χ0v) is 12.9. The highest BCUT2D eigenvalue weighted by Gasteiger charge is 2.08. The molecule has 3 aromatic carbocycles. The number of ether oxygens (including phenoxy) is 1. The van der Waals surface area contributed by atoms with Crippen LogP contribution >= 0.6 is 0 Å². The molecule has 0 radical (unpaired) electrons. The summed E-state index contributed by atoms with van der Waals surface area (Å²) in [4.78, 5) is 0. The summed E-state index contributed by atoms with van der Waals surface area (Å²) >= 11 is 0. The molecular formula is C20H21NO. The smallest absolute Gasteiger partial charge is 0.124 e. The molecule has 0 saturated carbocycles. The summed E-state index contributed by atoms with van der Waals surface area (Å²) in [5.41, 5.74) is 2.42. The fourth-order valence-electron chi connectivity index (χ4n) is 2.62. The average molecular weight is 291 g/mol. The third-order valence-corrected chi connectivity index (χ3v) is 3.79. The van der Waals surface area contributed by atoms with E-state index in [0.29, 0.717) is 6.61 Å². The molecule has 0 unspecified atom stereocenters. The normalized spacial score (nSPS) is 10.8. The number of nitrogens with one attached hydrogen (secondary N) is 1. The molecule has 2 nitrogen and oxygen atoms in total. The van der Waals surface area contributed by atoms with E-state index in [1.165, 1.54) is 21.9 Å². The minimum atomic E-state index is 0.596. The second-order valence-electron chi connectivity index (χ2n) is 5.32. The Balaban J connectivity index is 1.90. The highest BCUT2D eigenvalue weighted by atomic mass is 16.5. The lowest BCUT2D eigenvalue weighted by molar-refractivity contribution is 0.303. The summed E-state index contributed by atoms with van der Waals surface area (Å²) in [5, 5.41) is 5.93. The quantitative estimate of drug-likeness (QED) is 0.720. The minimum Gasteiger partial charge on any atom is -0.489 e. The fraction of sp³-hybridized carbons (Fsp3) is 0.200. The van der Waals surface area contributed by atoms with Gasteiger partial charge in [-0.2, -0.15) is 0 Å². The molecule has 0 aliphatic rings. The van der Waals surface area contributed by atoms with Crippen LogP contribution in [0.4, 0.5) is 0 Å². The number of hydrogen-bond donors (Lipinski definition) is 1. The number of benzene rings is 3. The maximum absolute atomic E-state index is 6.09. The number of rotatable bonds is 6. The van der Waals surface area contributed by atoms with Crippen LogP contribution in [0.5, 0.6) is 5.75 Å². The van der Waals surface area contributed by atoms with Gasteiger partial charge in [0.1, 0.15) is 12.4 Å². The second kappa shape index (κ2) is 7.10. The lowest BCUT2D eigenvalue weighted by Gasteiger charge is -2.15. The second-order valence-corrected chi connectivity index (χ2v) is 5.32. The van der Waals surface area contributed by atoms with Gasteiger partial charge in [0.2, 0.25) is 0 Å². The van der Waals surface area contributed by atoms with Crippen molar-refractivity contribution in [2.75, 3.05) is 6.54 Å². The summed E-state index contributed by atoms with van der Waals surface area (Å²) in [7, 11) is 0. The van der Waals surface area contributed by atoms with Crippen molar-refractivity contribution in [1.82, 2.24) is 5.32 Å². The standard InChI is InChI=1S/C20H21NO/c1-2-21-14-19-18-11-7-6-10-17(18)12-13-20(19)22-15-16-8-4-3-5-9-16/h3-13,21H,2,14-15H2,1H3. The average Bonchev–Trinajstić information content (AvgIpc) is 2.59. The van der Waals surface area contributed by atoms with Crippen LogP contribution in [-0.4, -0.2) is 6.54 Å². The van der Waals surface area contributed by atoms with Crippen LogP contribution in [-0.2, 0) is 13.2 Å². The molecule has 0 amide bonds. The van der Waals surface area contributed by atoms with E-state index in [1.807, 2.05) is 18.2 Å². The largest absolute Gasteiger partial charge is 0.489 e. The van der Waals surface area contributed by atoms with Gasteiger partial charge < -0.3 is 10.1 Å². The van der Waals surface area contributed by atoms with Gasteiger partial charge in [0, 0.05) is 12.1 Å². The minimum absolute atomic E-state index is 0.596. The lowest BCUT2D eigenvalue weighted by atomic mass is 10.0. The highest BCUT2D eigenvalue weighted by molar-refractivity contribution is 5.87. The molecule has 0 aliphatic heterocycles. The molecule has 0 heterocycles. The Hall–Kier alpha value is -2.32. The Morgan fingerprint density at radius 1 is 0.864 bits per heavy atom. The zero-order valence-electron chi connectivity index (χ0n) is 12.9. The van der Waals surface area contributed by atoms with E-state index in [9.17, 15) is 0 Å². The molecule has 1 N–H and O–H groups in total. The van der Waals surface area contributed by atoms with Gasteiger partial charge in [-0.1, -0.05) is 67.6 Å². The molecular weight excluding hydrogens is 270 g/mol.